The molecule has 6 heteroatoms. The first-order chi connectivity index (χ1) is 11.6. The van der Waals surface area contributed by atoms with E-state index in [4.69, 9.17) is 4.74 Å². The monoisotopic (exact) mass is 323 g/mol. The van der Waals surface area contributed by atoms with Crippen molar-refractivity contribution in [1.29, 1.82) is 0 Å². The van der Waals surface area contributed by atoms with Crippen LogP contribution in [0, 0.1) is 6.92 Å². The first-order valence-electron chi connectivity index (χ1n) is 7.48. The molecular weight excluding hydrogens is 306 g/mol. The lowest BCUT2D eigenvalue weighted by Crippen LogP contribution is -2.22. The second-order valence-electron chi connectivity index (χ2n) is 5.46. The van der Waals surface area contributed by atoms with Gasteiger partial charge in [0.2, 0.25) is 0 Å². The molecule has 24 heavy (non-hydrogen) atoms. The molecule has 0 saturated carbocycles. The fraction of sp³-hybridized carbons (Fsp3) is 0.167. The smallest absolute Gasteiger partial charge is 0.344 e. The van der Waals surface area contributed by atoms with Crippen molar-refractivity contribution >= 4 is 5.78 Å². The molecule has 0 saturated heterocycles. The van der Waals surface area contributed by atoms with Crippen molar-refractivity contribution in [1.82, 2.24) is 14.8 Å². The summed E-state index contributed by atoms with van der Waals surface area (Å²) in [7, 11) is 1.57. The van der Waals surface area contributed by atoms with Crippen molar-refractivity contribution in [3.63, 3.8) is 0 Å². The molecule has 0 aliphatic heterocycles. The number of carbonyl (C=O) groups excluding carboxylic acids is 1. The van der Waals surface area contributed by atoms with Gasteiger partial charge in [-0.15, -0.1) is 0 Å². The van der Waals surface area contributed by atoms with Crippen LogP contribution in [0.2, 0.25) is 0 Å². The molecule has 1 N–H and O–H groups in total. The third-order valence-corrected chi connectivity index (χ3v) is 3.78. The van der Waals surface area contributed by atoms with Crippen LogP contribution in [-0.4, -0.2) is 27.7 Å². The highest BCUT2D eigenvalue weighted by Gasteiger charge is 2.15. The van der Waals surface area contributed by atoms with E-state index in [0.717, 1.165) is 11.1 Å². The number of carbonyl (C=O) groups is 1. The Hall–Kier alpha value is -3.15. The maximum Gasteiger partial charge on any atom is 0.344 e. The third kappa shape index (κ3) is 3.12. The van der Waals surface area contributed by atoms with Crippen molar-refractivity contribution in [2.45, 2.75) is 13.5 Å². The van der Waals surface area contributed by atoms with Crippen LogP contribution >= 0.6 is 0 Å². The number of Topliss-reactive ketones (excluding diaryl/α,β-unsaturated/α-hetero) is 1. The van der Waals surface area contributed by atoms with Crippen LogP contribution in [0.25, 0.3) is 11.4 Å². The number of rotatable bonds is 5. The summed E-state index contributed by atoms with van der Waals surface area (Å²) in [6.45, 7) is 1.90. The fourth-order valence-corrected chi connectivity index (χ4v) is 2.40. The van der Waals surface area contributed by atoms with E-state index in [-0.39, 0.29) is 12.3 Å². The number of aromatic nitrogens is 3. The molecule has 0 aliphatic rings. The molecule has 0 bridgehead atoms. The van der Waals surface area contributed by atoms with Gasteiger partial charge < -0.3 is 4.74 Å². The second-order valence-corrected chi connectivity index (χ2v) is 5.46. The topological polar surface area (TPSA) is 77.0 Å². The molecule has 3 aromatic rings. The number of ketones is 1. The molecule has 2 aromatic carbocycles. The highest BCUT2D eigenvalue weighted by molar-refractivity contribution is 5.96. The predicted molar refractivity (Wildman–Crippen MR) is 90.3 cm³/mol. The van der Waals surface area contributed by atoms with E-state index in [1.54, 1.807) is 31.4 Å². The van der Waals surface area contributed by atoms with E-state index >= 15 is 0 Å². The highest BCUT2D eigenvalue weighted by atomic mass is 16.5. The number of benzene rings is 2. The summed E-state index contributed by atoms with van der Waals surface area (Å²) < 4.78 is 6.42. The molecule has 1 heterocycles. The Labute approximate surface area is 138 Å². The van der Waals surface area contributed by atoms with Gasteiger partial charge in [-0.1, -0.05) is 29.8 Å². The average molecular weight is 323 g/mol. The summed E-state index contributed by atoms with van der Waals surface area (Å²) in [6, 6.07) is 14.4. The van der Waals surface area contributed by atoms with E-state index in [9.17, 15) is 9.59 Å². The van der Waals surface area contributed by atoms with Crippen molar-refractivity contribution in [3.05, 3.63) is 70.1 Å². The quantitative estimate of drug-likeness (QED) is 0.732. The standard InChI is InChI=1S/C18H17N3O3/c1-12-3-5-14(6-4-12)17-19-20-18(23)21(17)11-16(22)13-7-9-15(24-2)10-8-13/h3-10H,11H2,1-2H3,(H,20,23). The largest absolute Gasteiger partial charge is 0.497 e. The Morgan fingerprint density at radius 3 is 2.42 bits per heavy atom. The van der Waals surface area contributed by atoms with Gasteiger partial charge in [0.1, 0.15) is 5.75 Å². The van der Waals surface area contributed by atoms with Gasteiger partial charge in [-0.05, 0) is 31.2 Å². The molecule has 0 fully saturated rings. The maximum absolute atomic E-state index is 12.5. The minimum Gasteiger partial charge on any atom is -0.497 e. The van der Waals surface area contributed by atoms with E-state index in [2.05, 4.69) is 10.2 Å². The van der Waals surface area contributed by atoms with E-state index in [0.29, 0.717) is 17.1 Å². The van der Waals surface area contributed by atoms with Gasteiger partial charge in [-0.3, -0.25) is 9.36 Å². The molecule has 0 amide bonds. The van der Waals surface area contributed by atoms with Crippen LogP contribution in [0.5, 0.6) is 5.75 Å². The lowest BCUT2D eigenvalue weighted by Gasteiger charge is -2.06. The third-order valence-electron chi connectivity index (χ3n) is 3.78. The van der Waals surface area contributed by atoms with Gasteiger partial charge in [-0.2, -0.15) is 5.10 Å². The summed E-state index contributed by atoms with van der Waals surface area (Å²) in [5, 5.41) is 6.45. The zero-order chi connectivity index (χ0) is 17.1. The number of hydrogen-bond donors (Lipinski definition) is 1. The van der Waals surface area contributed by atoms with Crippen molar-refractivity contribution in [2.75, 3.05) is 7.11 Å². The number of H-pyrrole nitrogens is 1. The van der Waals surface area contributed by atoms with Gasteiger partial charge in [0.05, 0.1) is 13.7 Å². The Morgan fingerprint density at radius 2 is 1.79 bits per heavy atom. The molecule has 0 atom stereocenters. The minimum absolute atomic E-state index is 0.0785. The Morgan fingerprint density at radius 1 is 1.12 bits per heavy atom. The summed E-state index contributed by atoms with van der Waals surface area (Å²) in [4.78, 5) is 24.5. The summed E-state index contributed by atoms with van der Waals surface area (Å²) in [5.41, 5.74) is 1.99. The fourth-order valence-electron chi connectivity index (χ4n) is 2.40. The second kappa shape index (κ2) is 6.54. The van der Waals surface area contributed by atoms with Crippen LogP contribution in [0.1, 0.15) is 15.9 Å². The number of aromatic amines is 1. The number of nitrogens with zero attached hydrogens (tertiary/aromatic N) is 2. The molecule has 1 aromatic heterocycles. The molecule has 6 nitrogen and oxygen atoms in total. The Kier molecular flexibility index (Phi) is 4.29. The zero-order valence-electron chi connectivity index (χ0n) is 13.4. The number of hydrogen-bond acceptors (Lipinski definition) is 4. The van der Waals surface area contributed by atoms with E-state index in [1.165, 1.54) is 4.57 Å². The normalized spacial score (nSPS) is 10.6. The number of aryl methyl sites for hydroxylation is 1. The van der Waals surface area contributed by atoms with Gasteiger partial charge >= 0.3 is 5.69 Å². The maximum atomic E-state index is 12.5. The molecular formula is C18H17N3O3. The lowest BCUT2D eigenvalue weighted by atomic mass is 10.1. The first kappa shape index (κ1) is 15.7. The highest BCUT2D eigenvalue weighted by Crippen LogP contribution is 2.17. The minimum atomic E-state index is -0.410. The number of nitrogens with one attached hydrogen (secondary N) is 1. The lowest BCUT2D eigenvalue weighted by molar-refractivity contribution is 0.0971. The number of methoxy groups -OCH3 is 1. The van der Waals surface area contributed by atoms with Crippen LogP contribution in [0.15, 0.2) is 53.3 Å². The molecule has 0 unspecified atom stereocenters. The van der Waals surface area contributed by atoms with Crippen LogP contribution in [0.4, 0.5) is 0 Å². The first-order valence-corrected chi connectivity index (χ1v) is 7.48. The molecule has 0 aliphatic carbocycles. The van der Waals surface area contributed by atoms with Crippen LogP contribution < -0.4 is 10.4 Å². The Balaban J connectivity index is 1.89. The van der Waals surface area contributed by atoms with Crippen LogP contribution in [0.3, 0.4) is 0 Å². The molecule has 3 rings (SSSR count). The molecule has 0 spiro atoms. The van der Waals surface area contributed by atoms with Crippen molar-refractivity contribution in [3.8, 4) is 17.1 Å². The average Bonchev–Trinajstić information content (AvgIpc) is 2.96. The van der Waals surface area contributed by atoms with Crippen molar-refractivity contribution in [2.24, 2.45) is 0 Å². The van der Waals surface area contributed by atoms with E-state index in [1.807, 2.05) is 31.2 Å². The van der Waals surface area contributed by atoms with E-state index < -0.39 is 5.69 Å². The van der Waals surface area contributed by atoms with Gasteiger partial charge in [0.25, 0.3) is 0 Å². The predicted octanol–water partition coefficient (Wildman–Crippen LogP) is 2.44. The van der Waals surface area contributed by atoms with Crippen molar-refractivity contribution < 1.29 is 9.53 Å². The summed E-state index contributed by atoms with van der Waals surface area (Å²) >= 11 is 0. The zero-order valence-corrected chi connectivity index (χ0v) is 13.4. The van der Waals surface area contributed by atoms with Gasteiger partial charge in [-0.25, -0.2) is 9.89 Å². The molecule has 122 valence electrons. The van der Waals surface area contributed by atoms with Crippen LogP contribution in [-0.2, 0) is 6.54 Å². The summed E-state index contributed by atoms with van der Waals surface area (Å²) in [5.74, 6) is 0.948. The summed E-state index contributed by atoms with van der Waals surface area (Å²) in [6.07, 6.45) is 0. The number of ether oxygens (including phenoxy) is 1. The van der Waals surface area contributed by atoms with Gasteiger partial charge in [0, 0.05) is 11.1 Å². The Bertz CT molecular complexity index is 906. The van der Waals surface area contributed by atoms with Gasteiger partial charge in [0.15, 0.2) is 11.6 Å². The molecule has 0 radical (unpaired) electrons. The SMILES string of the molecule is COc1ccc(C(=O)Cn2c(-c3ccc(C)cc3)n[nH]c2=O)cc1.